The average Bonchev–Trinajstić information content (AvgIpc) is 3.36. The quantitative estimate of drug-likeness (QED) is 0.355. The van der Waals surface area contributed by atoms with E-state index in [1.807, 2.05) is 35.5 Å². The number of rotatable bonds is 8. The second-order valence-electron chi connectivity index (χ2n) is 6.35. The lowest BCUT2D eigenvalue weighted by atomic mass is 10.1. The summed E-state index contributed by atoms with van der Waals surface area (Å²) in [5.41, 5.74) is 2.30. The van der Waals surface area contributed by atoms with Crippen molar-refractivity contribution < 1.29 is 0 Å². The third kappa shape index (κ3) is 5.06. The van der Waals surface area contributed by atoms with Crippen LogP contribution in [-0.4, -0.2) is 43.6 Å². The number of guanidine groups is 1. The van der Waals surface area contributed by atoms with Crippen molar-refractivity contribution in [1.29, 1.82) is 0 Å². The Morgan fingerprint density at radius 3 is 2.68 bits per heavy atom. The molecule has 1 aromatic carbocycles. The van der Waals surface area contributed by atoms with Crippen LogP contribution in [0.1, 0.15) is 17.2 Å². The van der Waals surface area contributed by atoms with Crippen LogP contribution >= 0.6 is 0 Å². The summed E-state index contributed by atoms with van der Waals surface area (Å²) in [5, 5.41) is 19.0. The van der Waals surface area contributed by atoms with Gasteiger partial charge in [0.15, 0.2) is 11.8 Å². The van der Waals surface area contributed by atoms with Crippen molar-refractivity contribution in [3.63, 3.8) is 0 Å². The molecule has 0 bridgehead atoms. The molecular formula is C20H26N8. The molecule has 2 heterocycles. The first-order valence-corrected chi connectivity index (χ1v) is 9.24. The zero-order valence-corrected chi connectivity index (χ0v) is 16.3. The van der Waals surface area contributed by atoms with Gasteiger partial charge in [-0.05, 0) is 37.1 Å². The van der Waals surface area contributed by atoms with Crippen LogP contribution in [0.4, 0.5) is 0 Å². The maximum Gasteiger partial charge on any atom is 0.191 e. The van der Waals surface area contributed by atoms with E-state index in [4.69, 9.17) is 0 Å². The molecule has 28 heavy (non-hydrogen) atoms. The van der Waals surface area contributed by atoms with Crippen molar-refractivity contribution in [3.05, 3.63) is 72.6 Å². The summed E-state index contributed by atoms with van der Waals surface area (Å²) in [6, 6.07) is 10.3. The molecule has 0 atom stereocenters. The van der Waals surface area contributed by atoms with E-state index in [0.717, 1.165) is 36.3 Å². The second-order valence-corrected chi connectivity index (χ2v) is 6.35. The van der Waals surface area contributed by atoms with Gasteiger partial charge in [0.05, 0.1) is 5.69 Å². The number of aryl methyl sites for hydroxylation is 1. The second kappa shape index (κ2) is 9.50. The first kappa shape index (κ1) is 19.3. The molecule has 0 aliphatic carbocycles. The normalized spacial score (nSPS) is 11.4. The Balaban J connectivity index is 1.55. The summed E-state index contributed by atoms with van der Waals surface area (Å²) in [6.45, 7) is 7.54. The number of nitrogens with one attached hydrogen (secondary N) is 2. The van der Waals surface area contributed by atoms with E-state index in [2.05, 4.69) is 61.8 Å². The number of hydrogen-bond donors (Lipinski definition) is 2. The molecule has 2 aromatic heterocycles. The Kier molecular flexibility index (Phi) is 6.56. The van der Waals surface area contributed by atoms with E-state index < -0.39 is 0 Å². The largest absolute Gasteiger partial charge is 0.356 e. The van der Waals surface area contributed by atoms with E-state index in [0.29, 0.717) is 13.1 Å². The number of nitrogens with zero attached hydrogens (tertiary/aromatic N) is 6. The minimum absolute atomic E-state index is 0.461. The average molecular weight is 378 g/mol. The van der Waals surface area contributed by atoms with Gasteiger partial charge in [-0.1, -0.05) is 18.2 Å². The van der Waals surface area contributed by atoms with Gasteiger partial charge in [0.1, 0.15) is 12.4 Å². The summed E-state index contributed by atoms with van der Waals surface area (Å²) in [5.74, 6) is 2.43. The topological polar surface area (TPSA) is 85.0 Å². The van der Waals surface area contributed by atoms with Crippen LogP contribution in [0.15, 0.2) is 60.4 Å². The molecule has 0 saturated carbocycles. The highest BCUT2D eigenvalue weighted by atomic mass is 15.3. The van der Waals surface area contributed by atoms with Gasteiger partial charge in [-0.15, -0.1) is 16.8 Å². The Labute approximate surface area is 165 Å². The molecule has 3 rings (SSSR count). The first-order valence-electron chi connectivity index (χ1n) is 9.24. The van der Waals surface area contributed by atoms with Crippen molar-refractivity contribution >= 4 is 5.96 Å². The van der Waals surface area contributed by atoms with Gasteiger partial charge in [0, 0.05) is 32.5 Å². The van der Waals surface area contributed by atoms with Crippen molar-refractivity contribution in [2.75, 3.05) is 13.1 Å². The Morgan fingerprint density at radius 2 is 2.04 bits per heavy atom. The van der Waals surface area contributed by atoms with Crippen molar-refractivity contribution in [3.8, 4) is 5.69 Å². The smallest absolute Gasteiger partial charge is 0.191 e. The fourth-order valence-corrected chi connectivity index (χ4v) is 2.64. The highest BCUT2D eigenvalue weighted by Crippen LogP contribution is 2.08. The van der Waals surface area contributed by atoms with Crippen molar-refractivity contribution in [2.45, 2.75) is 19.9 Å². The van der Waals surface area contributed by atoms with Gasteiger partial charge in [0.2, 0.25) is 0 Å². The molecular weight excluding hydrogens is 352 g/mol. The predicted octanol–water partition coefficient (Wildman–Crippen LogP) is 1.77. The highest BCUT2D eigenvalue weighted by Gasteiger charge is 2.05. The zero-order chi connectivity index (χ0) is 19.8. The Bertz CT molecular complexity index is 906. The van der Waals surface area contributed by atoms with Crippen LogP contribution < -0.4 is 10.6 Å². The molecule has 0 fully saturated rings. The minimum atomic E-state index is 0.461. The monoisotopic (exact) mass is 378 g/mol. The van der Waals surface area contributed by atoms with Crippen molar-refractivity contribution in [2.24, 2.45) is 12.0 Å². The number of benzene rings is 1. The van der Waals surface area contributed by atoms with Gasteiger partial charge in [-0.3, -0.25) is 0 Å². The van der Waals surface area contributed by atoms with Crippen LogP contribution in [0.5, 0.6) is 0 Å². The maximum absolute atomic E-state index is 4.60. The lowest BCUT2D eigenvalue weighted by Crippen LogP contribution is -2.38. The SMILES string of the molecule is C=CCNC(=NCc1nnc(C)n1C)NCCc1ccc(-n2cccn2)cc1. The predicted molar refractivity (Wildman–Crippen MR) is 110 cm³/mol. The summed E-state index contributed by atoms with van der Waals surface area (Å²) < 4.78 is 3.79. The molecule has 0 spiro atoms. The molecule has 2 N–H and O–H groups in total. The standard InChI is InChI=1S/C20H26N8/c1-4-11-21-20(23-15-19-26-25-16(2)27(19)3)22-13-10-17-6-8-18(9-7-17)28-14-5-12-24-28/h4-9,12,14H,1,10-11,13,15H2,2-3H3,(H2,21,22,23). The molecule has 3 aromatic rings. The van der Waals surface area contributed by atoms with E-state index in [1.165, 1.54) is 5.56 Å². The molecule has 8 heteroatoms. The van der Waals surface area contributed by atoms with Crippen LogP contribution in [-0.2, 0) is 20.0 Å². The third-order valence-corrected chi connectivity index (χ3v) is 4.39. The van der Waals surface area contributed by atoms with Gasteiger partial charge in [-0.2, -0.15) is 5.10 Å². The molecule has 0 saturated heterocycles. The van der Waals surface area contributed by atoms with E-state index in [9.17, 15) is 0 Å². The van der Waals surface area contributed by atoms with E-state index >= 15 is 0 Å². The van der Waals surface area contributed by atoms with Crippen LogP contribution in [0, 0.1) is 6.92 Å². The Hall–Kier alpha value is -3.42. The lowest BCUT2D eigenvalue weighted by Gasteiger charge is -2.11. The van der Waals surface area contributed by atoms with Gasteiger partial charge >= 0.3 is 0 Å². The molecule has 0 aliphatic rings. The molecule has 0 aliphatic heterocycles. The lowest BCUT2D eigenvalue weighted by molar-refractivity contribution is 0.757. The van der Waals surface area contributed by atoms with Gasteiger partial charge < -0.3 is 15.2 Å². The molecule has 0 amide bonds. The molecule has 0 radical (unpaired) electrons. The summed E-state index contributed by atoms with van der Waals surface area (Å²) in [6.07, 6.45) is 6.40. The molecule has 0 unspecified atom stereocenters. The number of aromatic nitrogens is 5. The Morgan fingerprint density at radius 1 is 1.21 bits per heavy atom. The minimum Gasteiger partial charge on any atom is -0.356 e. The van der Waals surface area contributed by atoms with Gasteiger partial charge in [0.25, 0.3) is 0 Å². The summed E-state index contributed by atoms with van der Waals surface area (Å²) >= 11 is 0. The number of hydrogen-bond acceptors (Lipinski definition) is 4. The fraction of sp³-hybridized carbons (Fsp3) is 0.300. The highest BCUT2D eigenvalue weighted by molar-refractivity contribution is 5.79. The van der Waals surface area contributed by atoms with Crippen LogP contribution in [0.2, 0.25) is 0 Å². The van der Waals surface area contributed by atoms with Crippen molar-refractivity contribution in [1.82, 2.24) is 35.2 Å². The first-order chi connectivity index (χ1) is 13.7. The fourth-order valence-electron chi connectivity index (χ4n) is 2.64. The maximum atomic E-state index is 4.60. The van der Waals surface area contributed by atoms with Gasteiger partial charge in [-0.25, -0.2) is 9.67 Å². The third-order valence-electron chi connectivity index (χ3n) is 4.39. The van der Waals surface area contributed by atoms with Crippen LogP contribution in [0.25, 0.3) is 5.69 Å². The summed E-state index contributed by atoms with van der Waals surface area (Å²) in [7, 11) is 1.94. The number of aliphatic imine (C=N–C) groups is 1. The van der Waals surface area contributed by atoms with E-state index in [1.54, 1.807) is 12.3 Å². The van der Waals surface area contributed by atoms with E-state index in [-0.39, 0.29) is 0 Å². The molecule has 8 nitrogen and oxygen atoms in total. The van der Waals surface area contributed by atoms with Crippen LogP contribution in [0.3, 0.4) is 0 Å². The zero-order valence-electron chi connectivity index (χ0n) is 16.3. The molecule has 146 valence electrons. The summed E-state index contributed by atoms with van der Waals surface area (Å²) in [4.78, 5) is 4.60.